The minimum Gasteiger partial charge on any atom is -0.311 e. The van der Waals surface area contributed by atoms with E-state index >= 15 is 0 Å². The van der Waals surface area contributed by atoms with Crippen LogP contribution in [-0.4, -0.2) is 0 Å². The first kappa shape index (κ1) is 39.9. The maximum absolute atomic E-state index is 2.43. The summed E-state index contributed by atoms with van der Waals surface area (Å²) in [5.74, 6) is 1.18. The largest absolute Gasteiger partial charge is 0.311 e. The molecule has 1 fully saturated rings. The molecule has 7 aromatic carbocycles. The Morgan fingerprint density at radius 3 is 1.05 bits per heavy atom. The molecule has 0 N–H and O–H groups in total. The average Bonchev–Trinajstić information content (AvgIpc) is 3.27. The van der Waals surface area contributed by atoms with Gasteiger partial charge >= 0.3 is 0 Å². The lowest BCUT2D eigenvalue weighted by molar-refractivity contribution is 0.315. The lowest BCUT2D eigenvalue weighted by atomic mass is 9.62. The SMILES string of the molecule is CCC[C@@H](C)c1ccc(C2CCC(c3ccc(N(c4ccc(C)cc4)c4ccc(C)cc4)cc3)(c3ccc(N(c4ccc(C)cc4)c4ccc(C)cc4)cc3)CC2)cc1. The van der Waals surface area contributed by atoms with Crippen molar-refractivity contribution in [1.82, 2.24) is 0 Å². The summed E-state index contributed by atoms with van der Waals surface area (Å²) >= 11 is 0. The van der Waals surface area contributed by atoms with Gasteiger partial charge in [-0.15, -0.1) is 0 Å². The monoisotopic (exact) mass is 772 g/mol. The minimum atomic E-state index is -0.0970. The van der Waals surface area contributed by atoms with Crippen LogP contribution in [0.25, 0.3) is 0 Å². The molecule has 0 amide bonds. The van der Waals surface area contributed by atoms with Crippen LogP contribution in [-0.2, 0) is 5.41 Å². The fraction of sp³-hybridized carbons (Fsp3) is 0.263. The molecular weight excluding hydrogens is 713 g/mol. The Labute approximate surface area is 354 Å². The van der Waals surface area contributed by atoms with Crippen molar-refractivity contribution in [2.75, 3.05) is 9.80 Å². The molecule has 1 aliphatic rings. The second kappa shape index (κ2) is 17.6. The predicted molar refractivity (Wildman–Crippen MR) is 253 cm³/mol. The standard InChI is InChI=1S/C57H60N2/c1-7-8-45(6)46-17-19-47(20-18-46)48-37-39-57(40-38-48,49-21-33-55(34-22-49)58(51-25-9-41(2)10-26-51)52-27-11-42(3)12-28-52)50-23-35-56(36-24-50)59(53-29-13-43(4)14-30-53)54-31-15-44(5)16-32-54/h9-36,45,48H,7-8,37-40H2,1-6H3/t45-/m1/s1. The molecule has 1 aliphatic carbocycles. The normalized spacial score (nSPS) is 14.5. The third-order valence-electron chi connectivity index (χ3n) is 13.1. The number of nitrogens with zero attached hydrogens (tertiary/aromatic N) is 2. The number of anilines is 6. The molecule has 2 nitrogen and oxygen atoms in total. The number of aryl methyl sites for hydroxylation is 4. The van der Waals surface area contributed by atoms with Gasteiger partial charge in [0.1, 0.15) is 0 Å². The van der Waals surface area contributed by atoms with Gasteiger partial charge in [0.15, 0.2) is 0 Å². The molecule has 298 valence electrons. The van der Waals surface area contributed by atoms with Crippen LogP contribution in [0.4, 0.5) is 34.1 Å². The quantitative estimate of drug-likeness (QED) is 0.122. The molecule has 8 rings (SSSR count). The van der Waals surface area contributed by atoms with E-state index in [1.807, 2.05) is 0 Å². The van der Waals surface area contributed by atoms with E-state index in [2.05, 4.69) is 221 Å². The third-order valence-corrected chi connectivity index (χ3v) is 13.1. The summed E-state index contributed by atoms with van der Waals surface area (Å²) in [4.78, 5) is 4.77. The highest BCUT2D eigenvalue weighted by molar-refractivity contribution is 5.78. The average molecular weight is 773 g/mol. The summed E-state index contributed by atoms with van der Waals surface area (Å²) in [6.07, 6.45) is 6.98. The van der Waals surface area contributed by atoms with Crippen molar-refractivity contribution in [2.24, 2.45) is 0 Å². The van der Waals surface area contributed by atoms with Crippen molar-refractivity contribution in [2.45, 2.75) is 97.3 Å². The Hall–Kier alpha value is -5.86. The van der Waals surface area contributed by atoms with E-state index in [0.29, 0.717) is 11.8 Å². The second-order valence-corrected chi connectivity index (χ2v) is 17.3. The molecule has 0 bridgehead atoms. The molecule has 1 saturated carbocycles. The summed E-state index contributed by atoms with van der Waals surface area (Å²) in [7, 11) is 0. The Morgan fingerprint density at radius 2 is 0.746 bits per heavy atom. The molecule has 0 heterocycles. The zero-order valence-corrected chi connectivity index (χ0v) is 36.0. The van der Waals surface area contributed by atoms with Gasteiger partial charge < -0.3 is 9.80 Å². The van der Waals surface area contributed by atoms with Gasteiger partial charge in [0.05, 0.1) is 0 Å². The summed E-state index contributed by atoms with van der Waals surface area (Å²) in [6.45, 7) is 13.3. The first-order chi connectivity index (χ1) is 28.7. The molecule has 0 aliphatic heterocycles. The van der Waals surface area contributed by atoms with Gasteiger partial charge in [-0.1, -0.05) is 140 Å². The molecular formula is C57H60N2. The molecule has 0 saturated heterocycles. The van der Waals surface area contributed by atoms with E-state index in [4.69, 9.17) is 0 Å². The molecule has 59 heavy (non-hydrogen) atoms. The highest BCUT2D eigenvalue weighted by atomic mass is 15.1. The molecule has 0 spiro atoms. The van der Waals surface area contributed by atoms with Crippen molar-refractivity contribution in [1.29, 1.82) is 0 Å². The number of hydrogen-bond donors (Lipinski definition) is 0. The van der Waals surface area contributed by atoms with Crippen LogP contribution in [0.1, 0.15) is 109 Å². The first-order valence-electron chi connectivity index (χ1n) is 21.9. The molecule has 2 heteroatoms. The minimum absolute atomic E-state index is 0.0970. The van der Waals surface area contributed by atoms with Gasteiger partial charge in [-0.3, -0.25) is 0 Å². The topological polar surface area (TPSA) is 6.48 Å². The number of rotatable bonds is 12. The molecule has 0 radical (unpaired) electrons. The van der Waals surface area contributed by atoms with E-state index in [1.165, 1.54) is 91.5 Å². The Morgan fingerprint density at radius 1 is 0.441 bits per heavy atom. The fourth-order valence-electron chi connectivity index (χ4n) is 9.41. The van der Waals surface area contributed by atoms with Crippen molar-refractivity contribution in [3.8, 4) is 0 Å². The van der Waals surface area contributed by atoms with Crippen molar-refractivity contribution in [3.05, 3.63) is 214 Å². The van der Waals surface area contributed by atoms with Crippen molar-refractivity contribution in [3.63, 3.8) is 0 Å². The van der Waals surface area contributed by atoms with Crippen LogP contribution in [0.2, 0.25) is 0 Å². The number of benzene rings is 7. The summed E-state index contributed by atoms with van der Waals surface area (Å²) in [6, 6.07) is 64.3. The van der Waals surface area contributed by atoms with Crippen LogP contribution in [0.3, 0.4) is 0 Å². The lowest BCUT2D eigenvalue weighted by Gasteiger charge is -2.42. The molecule has 0 aromatic heterocycles. The fourth-order valence-corrected chi connectivity index (χ4v) is 9.41. The summed E-state index contributed by atoms with van der Waals surface area (Å²) in [5.41, 5.74) is 17.7. The van der Waals surface area contributed by atoms with Gasteiger partial charge in [-0.25, -0.2) is 0 Å². The van der Waals surface area contributed by atoms with Crippen molar-refractivity contribution >= 4 is 34.1 Å². The predicted octanol–water partition coefficient (Wildman–Crippen LogP) is 16.4. The van der Waals surface area contributed by atoms with E-state index in [9.17, 15) is 0 Å². The van der Waals surface area contributed by atoms with Crippen LogP contribution in [0, 0.1) is 27.7 Å². The summed E-state index contributed by atoms with van der Waals surface area (Å²) in [5, 5.41) is 0. The Bertz CT molecular complexity index is 2170. The van der Waals surface area contributed by atoms with Crippen LogP contribution in [0.15, 0.2) is 170 Å². The van der Waals surface area contributed by atoms with Gasteiger partial charge in [-0.2, -0.15) is 0 Å². The Kier molecular flexibility index (Phi) is 11.9. The maximum atomic E-state index is 2.43. The smallest absolute Gasteiger partial charge is 0.0461 e. The van der Waals surface area contributed by atoms with Gasteiger partial charge in [0.25, 0.3) is 0 Å². The highest BCUT2D eigenvalue weighted by Crippen LogP contribution is 2.50. The Balaban J connectivity index is 1.16. The van der Waals surface area contributed by atoms with Gasteiger partial charge in [0, 0.05) is 39.5 Å². The molecule has 1 atom stereocenters. The molecule has 7 aromatic rings. The zero-order chi connectivity index (χ0) is 40.9. The first-order valence-corrected chi connectivity index (χ1v) is 21.9. The van der Waals surface area contributed by atoms with Crippen LogP contribution >= 0.6 is 0 Å². The van der Waals surface area contributed by atoms with Gasteiger partial charge in [0.2, 0.25) is 0 Å². The van der Waals surface area contributed by atoms with Gasteiger partial charge in [-0.05, 0) is 167 Å². The maximum Gasteiger partial charge on any atom is 0.0461 e. The highest BCUT2D eigenvalue weighted by Gasteiger charge is 2.39. The number of hydrogen-bond acceptors (Lipinski definition) is 2. The lowest BCUT2D eigenvalue weighted by Crippen LogP contribution is -2.32. The zero-order valence-electron chi connectivity index (χ0n) is 36.0. The van der Waals surface area contributed by atoms with E-state index in [0.717, 1.165) is 25.7 Å². The van der Waals surface area contributed by atoms with Crippen LogP contribution in [0.5, 0.6) is 0 Å². The van der Waals surface area contributed by atoms with Crippen molar-refractivity contribution < 1.29 is 0 Å². The third kappa shape index (κ3) is 8.64. The van der Waals surface area contributed by atoms with E-state index < -0.39 is 0 Å². The second-order valence-electron chi connectivity index (χ2n) is 17.3. The van der Waals surface area contributed by atoms with E-state index in [-0.39, 0.29) is 5.41 Å². The summed E-state index contributed by atoms with van der Waals surface area (Å²) < 4.78 is 0. The van der Waals surface area contributed by atoms with Crippen LogP contribution < -0.4 is 9.80 Å². The molecule has 0 unspecified atom stereocenters. The van der Waals surface area contributed by atoms with E-state index in [1.54, 1.807) is 0 Å².